The summed E-state index contributed by atoms with van der Waals surface area (Å²) in [6.45, 7) is 6.65. The molecule has 1 saturated heterocycles. The van der Waals surface area contributed by atoms with Crippen LogP contribution in [-0.4, -0.2) is 80.5 Å². The largest absolute Gasteiger partial charge is 0.348 e. The lowest BCUT2D eigenvalue weighted by Gasteiger charge is -2.34. The first-order chi connectivity index (χ1) is 8.13. The molecule has 100 valence electrons. The van der Waals surface area contributed by atoms with Crippen molar-refractivity contribution < 1.29 is 4.79 Å². The summed E-state index contributed by atoms with van der Waals surface area (Å²) in [5.41, 5.74) is 5.48. The van der Waals surface area contributed by atoms with E-state index in [1.165, 1.54) is 6.42 Å². The van der Waals surface area contributed by atoms with Gasteiger partial charge in [0.2, 0.25) is 5.91 Å². The van der Waals surface area contributed by atoms with Gasteiger partial charge < -0.3 is 15.5 Å². The van der Waals surface area contributed by atoms with Gasteiger partial charge in [0.15, 0.2) is 0 Å². The number of likely N-dealkylation sites (N-methyl/N-ethyl adjacent to an activating group) is 1. The molecule has 0 radical (unpaired) electrons. The number of amides is 1. The predicted octanol–water partition coefficient (Wildman–Crippen LogP) is -0.569. The average molecular weight is 242 g/mol. The molecule has 5 nitrogen and oxygen atoms in total. The maximum atomic E-state index is 11.6. The lowest BCUT2D eigenvalue weighted by Crippen LogP contribution is -2.49. The zero-order chi connectivity index (χ0) is 12.7. The summed E-state index contributed by atoms with van der Waals surface area (Å²) in [5, 5.41) is 0. The SMILES string of the molecule is CN(C)C(=O)CN1CCN(CCCCN)CC1. The third kappa shape index (κ3) is 5.48. The Morgan fingerprint density at radius 3 is 2.24 bits per heavy atom. The third-order valence-corrected chi connectivity index (χ3v) is 3.25. The highest BCUT2D eigenvalue weighted by atomic mass is 16.2. The number of nitrogens with zero attached hydrogens (tertiary/aromatic N) is 3. The van der Waals surface area contributed by atoms with E-state index in [9.17, 15) is 4.79 Å². The number of hydrogen-bond donors (Lipinski definition) is 1. The van der Waals surface area contributed by atoms with E-state index in [1.807, 2.05) is 14.1 Å². The molecule has 1 amide bonds. The monoisotopic (exact) mass is 242 g/mol. The second kappa shape index (κ2) is 7.63. The van der Waals surface area contributed by atoms with E-state index in [-0.39, 0.29) is 5.91 Å². The number of hydrogen-bond acceptors (Lipinski definition) is 4. The topological polar surface area (TPSA) is 52.8 Å². The number of unbranched alkanes of at least 4 members (excludes halogenated alkanes) is 1. The zero-order valence-electron chi connectivity index (χ0n) is 11.2. The second-order valence-corrected chi connectivity index (χ2v) is 4.90. The Balaban J connectivity index is 2.15. The minimum absolute atomic E-state index is 0.196. The molecule has 0 aromatic carbocycles. The van der Waals surface area contributed by atoms with Crippen molar-refractivity contribution in [1.82, 2.24) is 14.7 Å². The van der Waals surface area contributed by atoms with Crippen LogP contribution in [0.4, 0.5) is 0 Å². The molecule has 0 unspecified atom stereocenters. The molecule has 0 spiro atoms. The summed E-state index contributed by atoms with van der Waals surface area (Å²) in [5.74, 6) is 0.196. The van der Waals surface area contributed by atoms with Gasteiger partial charge in [-0.3, -0.25) is 9.69 Å². The first-order valence-corrected chi connectivity index (χ1v) is 6.48. The Morgan fingerprint density at radius 2 is 1.71 bits per heavy atom. The van der Waals surface area contributed by atoms with E-state index in [0.717, 1.165) is 45.7 Å². The number of carbonyl (C=O) groups is 1. The second-order valence-electron chi connectivity index (χ2n) is 4.90. The fourth-order valence-electron chi connectivity index (χ4n) is 1.98. The van der Waals surface area contributed by atoms with Crippen molar-refractivity contribution >= 4 is 5.91 Å². The molecular formula is C12H26N4O. The molecule has 0 atom stereocenters. The van der Waals surface area contributed by atoms with Crippen LogP contribution in [0.3, 0.4) is 0 Å². The van der Waals surface area contributed by atoms with Gasteiger partial charge in [0.05, 0.1) is 6.54 Å². The smallest absolute Gasteiger partial charge is 0.236 e. The Hall–Kier alpha value is -0.650. The first-order valence-electron chi connectivity index (χ1n) is 6.48. The maximum absolute atomic E-state index is 11.6. The van der Waals surface area contributed by atoms with Crippen LogP contribution in [0, 0.1) is 0 Å². The van der Waals surface area contributed by atoms with E-state index in [4.69, 9.17) is 5.73 Å². The van der Waals surface area contributed by atoms with Crippen molar-refractivity contribution in [3.63, 3.8) is 0 Å². The molecule has 0 aromatic heterocycles. The van der Waals surface area contributed by atoms with Crippen molar-refractivity contribution in [2.75, 3.05) is 59.9 Å². The molecule has 5 heteroatoms. The molecule has 1 aliphatic rings. The van der Waals surface area contributed by atoms with Crippen molar-refractivity contribution in [2.45, 2.75) is 12.8 Å². The van der Waals surface area contributed by atoms with Crippen LogP contribution in [-0.2, 0) is 4.79 Å². The third-order valence-electron chi connectivity index (χ3n) is 3.25. The molecule has 1 rings (SSSR count). The molecule has 2 N–H and O–H groups in total. The summed E-state index contributed by atoms with van der Waals surface area (Å²) >= 11 is 0. The highest BCUT2D eigenvalue weighted by molar-refractivity contribution is 5.77. The minimum atomic E-state index is 0.196. The van der Waals surface area contributed by atoms with Gasteiger partial charge in [-0.05, 0) is 25.9 Å². The van der Waals surface area contributed by atoms with Gasteiger partial charge in [0.25, 0.3) is 0 Å². The summed E-state index contributed by atoms with van der Waals surface area (Å²) < 4.78 is 0. The number of rotatable bonds is 6. The van der Waals surface area contributed by atoms with Crippen LogP contribution in [0.1, 0.15) is 12.8 Å². The summed E-state index contributed by atoms with van der Waals surface area (Å²) in [6.07, 6.45) is 2.30. The van der Waals surface area contributed by atoms with Crippen LogP contribution in [0.25, 0.3) is 0 Å². The number of nitrogens with two attached hydrogens (primary N) is 1. The average Bonchev–Trinajstić information content (AvgIpc) is 2.31. The van der Waals surface area contributed by atoms with Gasteiger partial charge in [0.1, 0.15) is 0 Å². The molecule has 0 aliphatic carbocycles. The van der Waals surface area contributed by atoms with Crippen LogP contribution in [0.2, 0.25) is 0 Å². The van der Waals surface area contributed by atoms with Crippen LogP contribution < -0.4 is 5.73 Å². The van der Waals surface area contributed by atoms with Gasteiger partial charge in [0, 0.05) is 40.3 Å². The zero-order valence-corrected chi connectivity index (χ0v) is 11.2. The van der Waals surface area contributed by atoms with Gasteiger partial charge in [-0.25, -0.2) is 0 Å². The van der Waals surface area contributed by atoms with Gasteiger partial charge in [-0.15, -0.1) is 0 Å². The van der Waals surface area contributed by atoms with E-state index in [2.05, 4.69) is 9.80 Å². The molecule has 0 bridgehead atoms. The fraction of sp³-hybridized carbons (Fsp3) is 0.917. The quantitative estimate of drug-likeness (QED) is 0.634. The van der Waals surface area contributed by atoms with Crippen molar-refractivity contribution in [2.24, 2.45) is 5.73 Å². The molecule has 1 fully saturated rings. The molecule has 1 aliphatic heterocycles. The highest BCUT2D eigenvalue weighted by Gasteiger charge is 2.18. The lowest BCUT2D eigenvalue weighted by atomic mass is 10.2. The van der Waals surface area contributed by atoms with E-state index >= 15 is 0 Å². The highest BCUT2D eigenvalue weighted by Crippen LogP contribution is 2.03. The summed E-state index contributed by atoms with van der Waals surface area (Å²) in [7, 11) is 3.62. The van der Waals surface area contributed by atoms with E-state index in [0.29, 0.717) is 6.54 Å². The normalized spacial score (nSPS) is 18.3. The van der Waals surface area contributed by atoms with E-state index in [1.54, 1.807) is 4.90 Å². The van der Waals surface area contributed by atoms with Crippen molar-refractivity contribution in [3.8, 4) is 0 Å². The van der Waals surface area contributed by atoms with Crippen LogP contribution in [0.15, 0.2) is 0 Å². The Bertz CT molecular complexity index is 225. The van der Waals surface area contributed by atoms with Gasteiger partial charge >= 0.3 is 0 Å². The Labute approximate surface area is 105 Å². The lowest BCUT2D eigenvalue weighted by molar-refractivity contribution is -0.130. The molecule has 1 heterocycles. The fourth-order valence-corrected chi connectivity index (χ4v) is 1.98. The first kappa shape index (κ1) is 14.4. The molecular weight excluding hydrogens is 216 g/mol. The van der Waals surface area contributed by atoms with Crippen LogP contribution >= 0.6 is 0 Å². The Morgan fingerprint density at radius 1 is 1.12 bits per heavy atom. The van der Waals surface area contributed by atoms with E-state index < -0.39 is 0 Å². The molecule has 0 aromatic rings. The predicted molar refractivity (Wildman–Crippen MR) is 69.9 cm³/mol. The van der Waals surface area contributed by atoms with Crippen molar-refractivity contribution in [3.05, 3.63) is 0 Å². The maximum Gasteiger partial charge on any atom is 0.236 e. The molecule has 17 heavy (non-hydrogen) atoms. The van der Waals surface area contributed by atoms with Crippen LogP contribution in [0.5, 0.6) is 0 Å². The molecule has 0 saturated carbocycles. The number of piperazine rings is 1. The standard InChI is InChI=1S/C12H26N4O/c1-14(2)12(17)11-16-9-7-15(8-10-16)6-4-3-5-13/h3-11,13H2,1-2H3. The van der Waals surface area contributed by atoms with Gasteiger partial charge in [-0.2, -0.15) is 0 Å². The van der Waals surface area contributed by atoms with Gasteiger partial charge in [-0.1, -0.05) is 0 Å². The minimum Gasteiger partial charge on any atom is -0.348 e. The summed E-state index contributed by atoms with van der Waals surface area (Å²) in [6, 6.07) is 0. The Kier molecular flexibility index (Phi) is 6.47. The number of carbonyl (C=O) groups excluding carboxylic acids is 1. The summed E-state index contributed by atoms with van der Waals surface area (Å²) in [4.78, 5) is 17.9. The van der Waals surface area contributed by atoms with Crippen molar-refractivity contribution in [1.29, 1.82) is 0 Å².